The zero-order valence-electron chi connectivity index (χ0n) is 9.67. The van der Waals surface area contributed by atoms with Crippen LogP contribution in [-0.4, -0.2) is 19.3 Å². The van der Waals surface area contributed by atoms with E-state index < -0.39 is 0 Å². The Morgan fingerprint density at radius 1 is 1.33 bits per heavy atom. The number of rotatable bonds is 4. The first kappa shape index (κ1) is 12.8. The summed E-state index contributed by atoms with van der Waals surface area (Å²) in [7, 11) is 1.74. The van der Waals surface area contributed by atoms with Crippen molar-refractivity contribution in [2.75, 3.05) is 12.4 Å². The summed E-state index contributed by atoms with van der Waals surface area (Å²) in [5.41, 5.74) is 2.47. The van der Waals surface area contributed by atoms with E-state index in [-0.39, 0.29) is 6.10 Å². The van der Waals surface area contributed by atoms with Crippen LogP contribution in [0.5, 0.6) is 0 Å². The highest BCUT2D eigenvalue weighted by atomic mass is 127. The summed E-state index contributed by atoms with van der Waals surface area (Å²) in [5, 5.41) is 3.43. The molecule has 0 amide bonds. The fourth-order valence-corrected chi connectivity index (χ4v) is 1.78. The molecule has 0 fully saturated rings. The van der Waals surface area contributed by atoms with Crippen LogP contribution in [0.15, 0.2) is 18.2 Å². The van der Waals surface area contributed by atoms with Crippen molar-refractivity contribution < 1.29 is 4.74 Å². The van der Waals surface area contributed by atoms with Crippen molar-refractivity contribution in [2.45, 2.75) is 32.9 Å². The van der Waals surface area contributed by atoms with Gasteiger partial charge in [0.15, 0.2) is 0 Å². The van der Waals surface area contributed by atoms with E-state index in [4.69, 9.17) is 4.74 Å². The first-order valence-electron chi connectivity index (χ1n) is 5.10. The topological polar surface area (TPSA) is 21.3 Å². The molecule has 1 N–H and O–H groups in total. The van der Waals surface area contributed by atoms with E-state index in [2.05, 4.69) is 66.9 Å². The maximum Gasteiger partial charge on any atom is 0.0741 e. The molecule has 84 valence electrons. The van der Waals surface area contributed by atoms with Gasteiger partial charge in [-0.2, -0.15) is 0 Å². The second kappa shape index (κ2) is 5.70. The molecule has 1 aromatic rings. The number of methoxy groups -OCH3 is 1. The van der Waals surface area contributed by atoms with Crippen molar-refractivity contribution >= 4 is 28.3 Å². The van der Waals surface area contributed by atoms with Crippen LogP contribution >= 0.6 is 22.6 Å². The van der Waals surface area contributed by atoms with Crippen LogP contribution in [0, 0.1) is 10.5 Å². The Balaban J connectivity index is 2.68. The second-order valence-electron chi connectivity index (χ2n) is 3.84. The molecular formula is C12H18INO. The highest BCUT2D eigenvalue weighted by Crippen LogP contribution is 2.18. The van der Waals surface area contributed by atoms with Crippen LogP contribution in [0.4, 0.5) is 5.69 Å². The van der Waals surface area contributed by atoms with Crippen LogP contribution < -0.4 is 5.32 Å². The monoisotopic (exact) mass is 319 g/mol. The van der Waals surface area contributed by atoms with E-state index in [1.165, 1.54) is 9.13 Å². The Kier molecular flexibility index (Phi) is 4.86. The van der Waals surface area contributed by atoms with Crippen LogP contribution in [0.25, 0.3) is 0 Å². The molecule has 0 bridgehead atoms. The summed E-state index contributed by atoms with van der Waals surface area (Å²) in [5.74, 6) is 0. The second-order valence-corrected chi connectivity index (χ2v) is 5.00. The van der Waals surface area contributed by atoms with Gasteiger partial charge in [-0.05, 0) is 61.1 Å². The molecule has 0 aliphatic rings. The molecule has 0 saturated heterocycles. The Bertz CT molecular complexity index is 327. The smallest absolute Gasteiger partial charge is 0.0741 e. The average Bonchev–Trinajstić information content (AvgIpc) is 2.22. The number of aryl methyl sites for hydroxylation is 1. The van der Waals surface area contributed by atoms with Crippen LogP contribution in [0.1, 0.15) is 19.4 Å². The molecule has 0 spiro atoms. The van der Waals surface area contributed by atoms with E-state index in [0.717, 1.165) is 5.69 Å². The molecule has 2 atom stereocenters. The van der Waals surface area contributed by atoms with Crippen molar-refractivity contribution in [3.8, 4) is 0 Å². The molecule has 2 unspecified atom stereocenters. The molecular weight excluding hydrogens is 301 g/mol. The zero-order valence-corrected chi connectivity index (χ0v) is 11.8. The van der Waals surface area contributed by atoms with Gasteiger partial charge in [0.05, 0.1) is 6.10 Å². The summed E-state index contributed by atoms with van der Waals surface area (Å²) < 4.78 is 6.56. The van der Waals surface area contributed by atoms with E-state index in [0.29, 0.717) is 6.04 Å². The van der Waals surface area contributed by atoms with Crippen LogP contribution in [0.3, 0.4) is 0 Å². The quantitative estimate of drug-likeness (QED) is 0.859. The Hall–Kier alpha value is -0.290. The molecule has 0 aliphatic heterocycles. The molecule has 0 aliphatic carbocycles. The van der Waals surface area contributed by atoms with E-state index in [1.54, 1.807) is 7.11 Å². The fraction of sp³-hybridized carbons (Fsp3) is 0.500. The number of nitrogens with one attached hydrogen (secondary N) is 1. The van der Waals surface area contributed by atoms with Gasteiger partial charge in [-0.3, -0.25) is 0 Å². The summed E-state index contributed by atoms with van der Waals surface area (Å²) in [6.07, 6.45) is 0.212. The molecule has 0 saturated carbocycles. The highest BCUT2D eigenvalue weighted by molar-refractivity contribution is 14.1. The van der Waals surface area contributed by atoms with Gasteiger partial charge in [0.1, 0.15) is 0 Å². The number of hydrogen-bond donors (Lipinski definition) is 1. The molecule has 0 radical (unpaired) electrons. The fourth-order valence-electron chi connectivity index (χ4n) is 1.27. The van der Waals surface area contributed by atoms with Gasteiger partial charge >= 0.3 is 0 Å². The SMILES string of the molecule is COC(C)C(C)Nc1ccc(C)c(I)c1. The third-order valence-electron chi connectivity index (χ3n) is 2.64. The normalized spacial score (nSPS) is 14.7. The molecule has 3 heteroatoms. The van der Waals surface area contributed by atoms with E-state index >= 15 is 0 Å². The molecule has 1 rings (SSSR count). The standard InChI is InChI=1S/C12H18INO/c1-8-5-6-11(7-12(8)13)14-9(2)10(3)15-4/h5-7,9-10,14H,1-4H3. The van der Waals surface area contributed by atoms with Crippen molar-refractivity contribution in [1.82, 2.24) is 0 Å². The molecule has 1 aromatic carbocycles. The minimum absolute atomic E-state index is 0.212. The lowest BCUT2D eigenvalue weighted by atomic mass is 10.2. The lowest BCUT2D eigenvalue weighted by Gasteiger charge is -2.21. The van der Waals surface area contributed by atoms with Gasteiger partial charge in [0.2, 0.25) is 0 Å². The first-order chi connectivity index (χ1) is 7.04. The van der Waals surface area contributed by atoms with Gasteiger partial charge in [-0.15, -0.1) is 0 Å². The third-order valence-corrected chi connectivity index (χ3v) is 3.80. The number of hydrogen-bond acceptors (Lipinski definition) is 2. The molecule has 0 heterocycles. The molecule has 0 aromatic heterocycles. The lowest BCUT2D eigenvalue weighted by Crippen LogP contribution is -2.29. The molecule has 2 nitrogen and oxygen atoms in total. The maximum atomic E-state index is 5.27. The Labute approximate surface area is 106 Å². The van der Waals surface area contributed by atoms with Crippen LogP contribution in [-0.2, 0) is 4.74 Å². The lowest BCUT2D eigenvalue weighted by molar-refractivity contribution is 0.106. The number of halogens is 1. The summed E-state index contributed by atoms with van der Waals surface area (Å²) in [4.78, 5) is 0. The maximum absolute atomic E-state index is 5.27. The first-order valence-corrected chi connectivity index (χ1v) is 6.18. The van der Waals surface area contributed by atoms with Crippen molar-refractivity contribution in [3.63, 3.8) is 0 Å². The minimum Gasteiger partial charge on any atom is -0.380 e. The number of benzene rings is 1. The largest absolute Gasteiger partial charge is 0.380 e. The average molecular weight is 319 g/mol. The third kappa shape index (κ3) is 3.65. The van der Waals surface area contributed by atoms with Gasteiger partial charge in [0.25, 0.3) is 0 Å². The predicted molar refractivity (Wildman–Crippen MR) is 73.5 cm³/mol. The van der Waals surface area contributed by atoms with Crippen molar-refractivity contribution in [1.29, 1.82) is 0 Å². The number of ether oxygens (including phenoxy) is 1. The number of anilines is 1. The van der Waals surface area contributed by atoms with Gasteiger partial charge in [0, 0.05) is 22.4 Å². The highest BCUT2D eigenvalue weighted by Gasteiger charge is 2.10. The van der Waals surface area contributed by atoms with Crippen molar-refractivity contribution in [3.05, 3.63) is 27.3 Å². The molecule has 15 heavy (non-hydrogen) atoms. The van der Waals surface area contributed by atoms with E-state index in [9.17, 15) is 0 Å². The summed E-state index contributed by atoms with van der Waals surface area (Å²) in [6, 6.07) is 6.72. The van der Waals surface area contributed by atoms with Gasteiger partial charge < -0.3 is 10.1 Å². The summed E-state index contributed by atoms with van der Waals surface area (Å²) in [6.45, 7) is 6.31. The van der Waals surface area contributed by atoms with E-state index in [1.807, 2.05) is 0 Å². The predicted octanol–water partition coefficient (Wildman–Crippen LogP) is 3.43. The summed E-state index contributed by atoms with van der Waals surface area (Å²) >= 11 is 2.35. The zero-order chi connectivity index (χ0) is 11.4. The Morgan fingerprint density at radius 2 is 2.00 bits per heavy atom. The van der Waals surface area contributed by atoms with Crippen LogP contribution in [0.2, 0.25) is 0 Å². The Morgan fingerprint density at radius 3 is 2.53 bits per heavy atom. The van der Waals surface area contributed by atoms with Crippen molar-refractivity contribution in [2.24, 2.45) is 0 Å². The van der Waals surface area contributed by atoms with Gasteiger partial charge in [-0.1, -0.05) is 6.07 Å². The minimum atomic E-state index is 0.212. The van der Waals surface area contributed by atoms with Gasteiger partial charge in [-0.25, -0.2) is 0 Å².